The van der Waals surface area contributed by atoms with Crippen LogP contribution in [0.4, 0.5) is 0 Å². The second kappa shape index (κ2) is 7.51. The minimum absolute atomic E-state index is 0.182. The Bertz CT molecular complexity index is 270. The molecule has 0 aliphatic rings. The summed E-state index contributed by atoms with van der Waals surface area (Å²) in [7, 11) is -3.11. The minimum atomic E-state index is -3.11. The first-order valence-corrected chi connectivity index (χ1v) is 7.99. The van der Waals surface area contributed by atoms with Gasteiger partial charge in [-0.15, -0.1) is 11.6 Å². The Hall–Kier alpha value is 0.200. The van der Waals surface area contributed by atoms with Crippen molar-refractivity contribution in [3.63, 3.8) is 0 Å². The van der Waals surface area contributed by atoms with E-state index < -0.39 is 10.0 Å². The third-order valence-electron chi connectivity index (χ3n) is 2.01. The standard InChI is InChI=1S/C11H24ClNO2S/c1-11(2,3)10-16(14,15)13-9-7-5-4-6-8-12/h13H,4-10H2,1-3H3. The zero-order valence-electron chi connectivity index (χ0n) is 10.6. The highest BCUT2D eigenvalue weighted by Gasteiger charge is 2.20. The average Bonchev–Trinajstić information content (AvgIpc) is 2.06. The van der Waals surface area contributed by atoms with E-state index in [-0.39, 0.29) is 11.2 Å². The summed E-state index contributed by atoms with van der Waals surface area (Å²) in [5.74, 6) is 0.872. The minimum Gasteiger partial charge on any atom is -0.215 e. The lowest BCUT2D eigenvalue weighted by Crippen LogP contribution is -2.32. The van der Waals surface area contributed by atoms with E-state index in [2.05, 4.69) is 4.72 Å². The first-order valence-electron chi connectivity index (χ1n) is 5.80. The van der Waals surface area contributed by atoms with Gasteiger partial charge in [-0.3, -0.25) is 0 Å². The van der Waals surface area contributed by atoms with Crippen molar-refractivity contribution < 1.29 is 8.42 Å². The lowest BCUT2D eigenvalue weighted by Gasteiger charge is -2.18. The molecule has 0 unspecified atom stereocenters. The van der Waals surface area contributed by atoms with Crippen molar-refractivity contribution in [2.45, 2.75) is 46.5 Å². The van der Waals surface area contributed by atoms with E-state index in [0.717, 1.165) is 25.7 Å². The number of hydrogen-bond acceptors (Lipinski definition) is 2. The molecule has 98 valence electrons. The Balaban J connectivity index is 3.68. The Labute approximate surface area is 105 Å². The molecule has 5 heteroatoms. The molecule has 0 saturated carbocycles. The highest BCUT2D eigenvalue weighted by atomic mass is 35.5. The van der Waals surface area contributed by atoms with Gasteiger partial charge >= 0.3 is 0 Å². The van der Waals surface area contributed by atoms with Crippen LogP contribution in [0, 0.1) is 5.41 Å². The Morgan fingerprint density at radius 3 is 2.12 bits per heavy atom. The van der Waals surface area contributed by atoms with Gasteiger partial charge in [-0.2, -0.15) is 0 Å². The molecule has 0 rings (SSSR count). The maximum absolute atomic E-state index is 11.6. The molecular weight excluding hydrogens is 246 g/mol. The van der Waals surface area contributed by atoms with Gasteiger partial charge in [0, 0.05) is 12.4 Å². The van der Waals surface area contributed by atoms with Crippen LogP contribution in [0.2, 0.25) is 0 Å². The van der Waals surface area contributed by atoms with Gasteiger partial charge in [0.2, 0.25) is 10.0 Å². The lowest BCUT2D eigenvalue weighted by atomic mass is 10.0. The molecule has 0 heterocycles. The normalized spacial score (nSPS) is 13.0. The van der Waals surface area contributed by atoms with Gasteiger partial charge in [0.15, 0.2) is 0 Å². The summed E-state index contributed by atoms with van der Waals surface area (Å²) in [4.78, 5) is 0. The van der Waals surface area contributed by atoms with Gasteiger partial charge in [0.1, 0.15) is 0 Å². The number of hydrogen-bond donors (Lipinski definition) is 1. The van der Waals surface area contributed by atoms with Crippen LogP contribution >= 0.6 is 11.6 Å². The molecule has 0 fully saturated rings. The number of halogens is 1. The van der Waals surface area contributed by atoms with E-state index in [1.807, 2.05) is 20.8 Å². The lowest BCUT2D eigenvalue weighted by molar-refractivity contribution is 0.457. The molecular formula is C11H24ClNO2S. The van der Waals surface area contributed by atoms with E-state index in [1.165, 1.54) is 0 Å². The zero-order chi connectivity index (χ0) is 12.7. The van der Waals surface area contributed by atoms with Crippen molar-refractivity contribution in [2.75, 3.05) is 18.2 Å². The Morgan fingerprint density at radius 2 is 1.62 bits per heavy atom. The average molecular weight is 270 g/mol. The molecule has 0 radical (unpaired) electrons. The van der Waals surface area contributed by atoms with Crippen LogP contribution in [0.3, 0.4) is 0 Å². The predicted octanol–water partition coefficient (Wildman–Crippen LogP) is 2.75. The van der Waals surface area contributed by atoms with Crippen LogP contribution in [0.1, 0.15) is 46.5 Å². The number of unbranched alkanes of at least 4 members (excludes halogenated alkanes) is 3. The van der Waals surface area contributed by atoms with Crippen molar-refractivity contribution >= 4 is 21.6 Å². The first kappa shape index (κ1) is 16.2. The number of sulfonamides is 1. The smallest absolute Gasteiger partial charge is 0.212 e. The van der Waals surface area contributed by atoms with Gasteiger partial charge in [-0.05, 0) is 18.3 Å². The number of alkyl halides is 1. The fourth-order valence-electron chi connectivity index (χ4n) is 1.42. The fourth-order valence-corrected chi connectivity index (χ4v) is 3.31. The zero-order valence-corrected chi connectivity index (χ0v) is 12.1. The summed E-state index contributed by atoms with van der Waals surface area (Å²) in [5.41, 5.74) is -0.190. The van der Waals surface area contributed by atoms with Crippen LogP contribution < -0.4 is 4.72 Å². The molecule has 0 spiro atoms. The number of nitrogens with one attached hydrogen (secondary N) is 1. The molecule has 0 aromatic carbocycles. The summed E-state index contributed by atoms with van der Waals surface area (Å²) in [6.07, 6.45) is 4.01. The predicted molar refractivity (Wildman–Crippen MR) is 70.4 cm³/mol. The Morgan fingerprint density at radius 1 is 1.06 bits per heavy atom. The molecule has 0 saturated heterocycles. The molecule has 0 atom stereocenters. The van der Waals surface area contributed by atoms with E-state index in [9.17, 15) is 8.42 Å². The van der Waals surface area contributed by atoms with Crippen molar-refractivity contribution in [3.8, 4) is 0 Å². The third kappa shape index (κ3) is 10.7. The van der Waals surface area contributed by atoms with E-state index in [0.29, 0.717) is 12.4 Å². The molecule has 0 aliphatic heterocycles. The van der Waals surface area contributed by atoms with Gasteiger partial charge in [-0.1, -0.05) is 33.6 Å². The summed E-state index contributed by atoms with van der Waals surface area (Å²) < 4.78 is 25.8. The SMILES string of the molecule is CC(C)(C)CS(=O)(=O)NCCCCCCCl. The third-order valence-corrected chi connectivity index (χ3v) is 4.16. The second-order valence-electron chi connectivity index (χ2n) is 5.32. The molecule has 1 N–H and O–H groups in total. The largest absolute Gasteiger partial charge is 0.215 e. The van der Waals surface area contributed by atoms with Crippen LogP contribution in [0.15, 0.2) is 0 Å². The highest BCUT2D eigenvalue weighted by Crippen LogP contribution is 2.15. The van der Waals surface area contributed by atoms with Gasteiger partial charge in [0.25, 0.3) is 0 Å². The molecule has 0 bridgehead atoms. The monoisotopic (exact) mass is 269 g/mol. The second-order valence-corrected chi connectivity index (χ2v) is 7.50. The van der Waals surface area contributed by atoms with E-state index in [1.54, 1.807) is 0 Å². The molecule has 0 aromatic rings. The molecule has 0 amide bonds. The molecule has 0 aliphatic carbocycles. The Kier molecular flexibility index (Phi) is 7.61. The maximum Gasteiger partial charge on any atom is 0.212 e. The van der Waals surface area contributed by atoms with Gasteiger partial charge in [0.05, 0.1) is 5.75 Å². The summed E-state index contributed by atoms with van der Waals surface area (Å²) in [5, 5.41) is 0. The van der Waals surface area contributed by atoms with Crippen LogP contribution in [-0.4, -0.2) is 26.6 Å². The molecule has 3 nitrogen and oxygen atoms in total. The van der Waals surface area contributed by atoms with Crippen molar-refractivity contribution in [2.24, 2.45) is 5.41 Å². The van der Waals surface area contributed by atoms with Crippen LogP contribution in [0.5, 0.6) is 0 Å². The quantitative estimate of drug-likeness (QED) is 0.544. The maximum atomic E-state index is 11.6. The van der Waals surface area contributed by atoms with Crippen LogP contribution in [0.25, 0.3) is 0 Å². The van der Waals surface area contributed by atoms with Crippen molar-refractivity contribution in [1.82, 2.24) is 4.72 Å². The first-order chi connectivity index (χ1) is 7.27. The van der Waals surface area contributed by atoms with Crippen molar-refractivity contribution in [3.05, 3.63) is 0 Å². The van der Waals surface area contributed by atoms with E-state index >= 15 is 0 Å². The van der Waals surface area contributed by atoms with Crippen molar-refractivity contribution in [1.29, 1.82) is 0 Å². The summed E-state index contributed by atoms with van der Waals surface area (Å²) in [6, 6.07) is 0. The summed E-state index contributed by atoms with van der Waals surface area (Å²) >= 11 is 5.55. The van der Waals surface area contributed by atoms with Gasteiger partial charge < -0.3 is 0 Å². The topological polar surface area (TPSA) is 46.2 Å². The van der Waals surface area contributed by atoms with E-state index in [4.69, 9.17) is 11.6 Å². The fraction of sp³-hybridized carbons (Fsp3) is 1.00. The van der Waals surface area contributed by atoms with Crippen LogP contribution in [-0.2, 0) is 10.0 Å². The molecule has 0 aromatic heterocycles. The highest BCUT2D eigenvalue weighted by molar-refractivity contribution is 7.89. The number of rotatable bonds is 8. The summed E-state index contributed by atoms with van der Waals surface area (Å²) in [6.45, 7) is 6.31. The molecule has 16 heavy (non-hydrogen) atoms. The van der Waals surface area contributed by atoms with Gasteiger partial charge in [-0.25, -0.2) is 13.1 Å².